The number of carbonyl (C=O) groups excluding carboxylic acids is 1. The summed E-state index contributed by atoms with van der Waals surface area (Å²) in [5.41, 5.74) is 1.65. The van der Waals surface area contributed by atoms with Crippen molar-refractivity contribution in [2.24, 2.45) is 5.92 Å². The van der Waals surface area contributed by atoms with Gasteiger partial charge in [0.15, 0.2) is 5.78 Å². The maximum absolute atomic E-state index is 12.9. The highest BCUT2D eigenvalue weighted by atomic mass is 16.5. The van der Waals surface area contributed by atoms with Crippen LogP contribution in [0.5, 0.6) is 5.75 Å². The zero-order chi connectivity index (χ0) is 16.9. The van der Waals surface area contributed by atoms with Crippen LogP contribution in [-0.2, 0) is 6.54 Å². The van der Waals surface area contributed by atoms with E-state index in [1.54, 1.807) is 6.26 Å². The minimum Gasteiger partial charge on any atom is -0.491 e. The topological polar surface area (TPSA) is 55.6 Å². The molecule has 2 aromatic rings. The van der Waals surface area contributed by atoms with Gasteiger partial charge in [-0.1, -0.05) is 17.3 Å². The zero-order valence-electron chi connectivity index (χ0n) is 14.3. The third-order valence-corrected chi connectivity index (χ3v) is 4.24. The number of ether oxygens (including phenoxy) is 1. The number of rotatable bonds is 6. The second-order valence-corrected chi connectivity index (χ2v) is 6.62. The molecule has 1 aliphatic heterocycles. The van der Waals surface area contributed by atoms with Gasteiger partial charge in [0, 0.05) is 30.6 Å². The molecule has 128 valence electrons. The lowest BCUT2D eigenvalue weighted by molar-refractivity contribution is 0.0808. The predicted molar refractivity (Wildman–Crippen MR) is 91.0 cm³/mol. The van der Waals surface area contributed by atoms with Crippen molar-refractivity contribution in [2.45, 2.75) is 39.3 Å². The van der Waals surface area contributed by atoms with Crippen LogP contribution in [0.4, 0.5) is 0 Å². The molecule has 1 aromatic heterocycles. The normalized spacial score (nSPS) is 18.7. The molecule has 1 saturated heterocycles. The van der Waals surface area contributed by atoms with Crippen LogP contribution in [0.1, 0.15) is 42.7 Å². The van der Waals surface area contributed by atoms with E-state index in [1.807, 2.05) is 44.2 Å². The Kier molecular flexibility index (Phi) is 5.30. The first-order valence-corrected chi connectivity index (χ1v) is 8.54. The maximum Gasteiger partial charge on any atom is 0.167 e. The largest absolute Gasteiger partial charge is 0.491 e. The first-order valence-electron chi connectivity index (χ1n) is 8.54. The third kappa shape index (κ3) is 4.23. The molecule has 0 spiro atoms. The monoisotopic (exact) mass is 328 g/mol. The first-order chi connectivity index (χ1) is 11.6. The SMILES string of the molecule is CC(C)Oc1cccc(C(=O)[C@@H]2CCCN(Cc3ccon3)C2)c1. The highest BCUT2D eigenvalue weighted by molar-refractivity contribution is 5.98. The summed E-state index contributed by atoms with van der Waals surface area (Å²) in [6.07, 6.45) is 3.64. The van der Waals surface area contributed by atoms with Gasteiger partial charge >= 0.3 is 0 Å². The van der Waals surface area contributed by atoms with Crippen LogP contribution in [0, 0.1) is 5.92 Å². The highest BCUT2D eigenvalue weighted by Crippen LogP contribution is 2.24. The fourth-order valence-electron chi connectivity index (χ4n) is 3.19. The summed E-state index contributed by atoms with van der Waals surface area (Å²) in [6, 6.07) is 9.40. The van der Waals surface area contributed by atoms with Crippen molar-refractivity contribution >= 4 is 5.78 Å². The molecule has 0 bridgehead atoms. The number of aromatic nitrogens is 1. The van der Waals surface area contributed by atoms with Crippen molar-refractivity contribution in [1.82, 2.24) is 10.1 Å². The van der Waals surface area contributed by atoms with Gasteiger partial charge in [-0.25, -0.2) is 0 Å². The van der Waals surface area contributed by atoms with Crippen LogP contribution in [0.15, 0.2) is 41.1 Å². The maximum atomic E-state index is 12.9. The molecule has 0 N–H and O–H groups in total. The molecule has 0 amide bonds. The van der Waals surface area contributed by atoms with Gasteiger partial charge in [0.1, 0.15) is 12.0 Å². The van der Waals surface area contributed by atoms with Crippen LogP contribution in [0.2, 0.25) is 0 Å². The Morgan fingerprint density at radius 1 is 1.42 bits per heavy atom. The zero-order valence-corrected chi connectivity index (χ0v) is 14.3. The minimum absolute atomic E-state index is 0.0277. The average Bonchev–Trinajstić information content (AvgIpc) is 3.07. The van der Waals surface area contributed by atoms with E-state index >= 15 is 0 Å². The van der Waals surface area contributed by atoms with Crippen LogP contribution in [-0.4, -0.2) is 35.0 Å². The number of hydrogen-bond acceptors (Lipinski definition) is 5. The van der Waals surface area contributed by atoms with E-state index in [-0.39, 0.29) is 17.8 Å². The van der Waals surface area contributed by atoms with Gasteiger partial charge in [0.25, 0.3) is 0 Å². The average molecular weight is 328 g/mol. The van der Waals surface area contributed by atoms with E-state index in [2.05, 4.69) is 10.1 Å². The molecule has 5 nitrogen and oxygen atoms in total. The van der Waals surface area contributed by atoms with Crippen LogP contribution in [0.25, 0.3) is 0 Å². The fraction of sp³-hybridized carbons (Fsp3) is 0.474. The second-order valence-electron chi connectivity index (χ2n) is 6.62. The molecular formula is C19H24N2O3. The fourth-order valence-corrected chi connectivity index (χ4v) is 3.19. The van der Waals surface area contributed by atoms with Crippen molar-refractivity contribution < 1.29 is 14.1 Å². The highest BCUT2D eigenvalue weighted by Gasteiger charge is 2.27. The molecule has 1 atom stereocenters. The Hall–Kier alpha value is -2.14. The Morgan fingerprint density at radius 2 is 2.29 bits per heavy atom. The molecule has 0 aliphatic carbocycles. The Labute approximate surface area is 142 Å². The summed E-state index contributed by atoms with van der Waals surface area (Å²) in [7, 11) is 0. The van der Waals surface area contributed by atoms with Crippen LogP contribution < -0.4 is 4.74 Å². The number of carbonyl (C=O) groups is 1. The van der Waals surface area contributed by atoms with E-state index in [0.29, 0.717) is 0 Å². The Bertz CT molecular complexity index is 667. The number of hydrogen-bond donors (Lipinski definition) is 0. The summed E-state index contributed by atoms with van der Waals surface area (Å²) in [5.74, 6) is 0.986. The minimum atomic E-state index is 0.0277. The first kappa shape index (κ1) is 16.7. The lowest BCUT2D eigenvalue weighted by Crippen LogP contribution is -2.38. The van der Waals surface area contributed by atoms with Crippen LogP contribution in [0.3, 0.4) is 0 Å². The smallest absolute Gasteiger partial charge is 0.167 e. The molecule has 24 heavy (non-hydrogen) atoms. The summed E-state index contributed by atoms with van der Waals surface area (Å²) in [5, 5.41) is 3.96. The molecule has 3 rings (SSSR count). The summed E-state index contributed by atoms with van der Waals surface area (Å²) < 4.78 is 10.6. The van der Waals surface area contributed by atoms with E-state index in [9.17, 15) is 4.79 Å². The van der Waals surface area contributed by atoms with Gasteiger partial charge in [0.2, 0.25) is 0 Å². The van der Waals surface area contributed by atoms with Crippen molar-refractivity contribution in [1.29, 1.82) is 0 Å². The number of ketones is 1. The second kappa shape index (κ2) is 7.62. The van der Waals surface area contributed by atoms with Gasteiger partial charge < -0.3 is 9.26 Å². The van der Waals surface area contributed by atoms with Gasteiger partial charge in [0.05, 0.1) is 11.8 Å². The van der Waals surface area contributed by atoms with E-state index in [0.717, 1.165) is 49.5 Å². The van der Waals surface area contributed by atoms with Crippen LogP contribution >= 0.6 is 0 Å². The van der Waals surface area contributed by atoms with Gasteiger partial charge in [-0.15, -0.1) is 0 Å². The quantitative estimate of drug-likeness (QED) is 0.759. The Balaban J connectivity index is 1.65. The number of piperidine rings is 1. The van der Waals surface area contributed by atoms with E-state index in [1.165, 1.54) is 0 Å². The molecule has 2 heterocycles. The number of benzene rings is 1. The van der Waals surface area contributed by atoms with E-state index in [4.69, 9.17) is 9.26 Å². The van der Waals surface area contributed by atoms with Crippen molar-refractivity contribution in [3.8, 4) is 5.75 Å². The van der Waals surface area contributed by atoms with Crippen molar-refractivity contribution in [2.75, 3.05) is 13.1 Å². The molecular weight excluding hydrogens is 304 g/mol. The number of nitrogens with zero attached hydrogens (tertiary/aromatic N) is 2. The molecule has 1 aliphatic rings. The molecule has 0 unspecified atom stereocenters. The number of likely N-dealkylation sites (tertiary alicyclic amines) is 1. The standard InChI is InChI=1S/C19H24N2O3/c1-14(2)24-18-7-3-5-15(11-18)19(22)16-6-4-9-21(12-16)13-17-8-10-23-20-17/h3,5,7-8,10-11,14,16H,4,6,9,12-13H2,1-2H3/t16-/m1/s1. The molecule has 0 saturated carbocycles. The summed E-state index contributed by atoms with van der Waals surface area (Å²) >= 11 is 0. The summed E-state index contributed by atoms with van der Waals surface area (Å²) in [6.45, 7) is 6.46. The lowest BCUT2D eigenvalue weighted by Gasteiger charge is -2.31. The third-order valence-electron chi connectivity index (χ3n) is 4.24. The van der Waals surface area contributed by atoms with Gasteiger partial charge in [-0.3, -0.25) is 9.69 Å². The van der Waals surface area contributed by atoms with Crippen molar-refractivity contribution in [3.63, 3.8) is 0 Å². The molecule has 1 aromatic carbocycles. The van der Waals surface area contributed by atoms with Gasteiger partial charge in [-0.2, -0.15) is 0 Å². The van der Waals surface area contributed by atoms with Crippen molar-refractivity contribution in [3.05, 3.63) is 47.9 Å². The summed E-state index contributed by atoms with van der Waals surface area (Å²) in [4.78, 5) is 15.1. The molecule has 5 heteroatoms. The Morgan fingerprint density at radius 3 is 3.04 bits per heavy atom. The van der Waals surface area contributed by atoms with E-state index < -0.39 is 0 Å². The molecule has 0 radical (unpaired) electrons. The van der Waals surface area contributed by atoms with Gasteiger partial charge in [-0.05, 0) is 45.4 Å². The molecule has 1 fully saturated rings. The lowest BCUT2D eigenvalue weighted by atomic mass is 9.90. The predicted octanol–water partition coefficient (Wildman–Crippen LogP) is 3.56. The number of Topliss-reactive ketones (excluding diaryl/α,β-unsaturated/α-hetero) is 1.